The van der Waals surface area contributed by atoms with Crippen LogP contribution in [0, 0.1) is 0 Å². The highest BCUT2D eigenvalue weighted by molar-refractivity contribution is 5.87. The van der Waals surface area contributed by atoms with Crippen molar-refractivity contribution in [3.63, 3.8) is 0 Å². The maximum Gasteiger partial charge on any atom is 0.333 e. The molecule has 0 radical (unpaired) electrons. The van der Waals surface area contributed by atoms with Gasteiger partial charge in [-0.15, -0.1) is 0 Å². The molecule has 1 atom stereocenters. The molecule has 0 fully saturated rings. The molecule has 0 rings (SSSR count). The Morgan fingerprint density at radius 3 is 1.91 bits per heavy atom. The zero-order chi connectivity index (χ0) is 18.0. The van der Waals surface area contributed by atoms with Gasteiger partial charge in [0.05, 0.1) is 12.8 Å². The van der Waals surface area contributed by atoms with E-state index in [0.29, 0.717) is 0 Å². The van der Waals surface area contributed by atoms with Crippen LogP contribution in [-0.4, -0.2) is 48.3 Å². The van der Waals surface area contributed by atoms with Gasteiger partial charge in [0.15, 0.2) is 6.10 Å². The summed E-state index contributed by atoms with van der Waals surface area (Å²) in [6.07, 6.45) is -1.72. The number of rotatable bonds is 10. The van der Waals surface area contributed by atoms with E-state index in [9.17, 15) is 19.2 Å². The molecule has 0 saturated carbocycles. The van der Waals surface area contributed by atoms with Crippen LogP contribution in [-0.2, 0) is 33.4 Å². The Labute approximate surface area is 133 Å². The molecule has 0 spiro atoms. The zero-order valence-electron chi connectivity index (χ0n) is 13.1. The Morgan fingerprint density at radius 1 is 0.913 bits per heavy atom. The third-order valence-corrected chi connectivity index (χ3v) is 2.34. The first-order chi connectivity index (χ1) is 10.6. The van der Waals surface area contributed by atoms with Crippen molar-refractivity contribution in [1.82, 2.24) is 0 Å². The predicted molar refractivity (Wildman–Crippen MR) is 78.3 cm³/mol. The Morgan fingerprint density at radius 2 is 1.43 bits per heavy atom. The second kappa shape index (κ2) is 10.1. The van der Waals surface area contributed by atoms with Gasteiger partial charge in [-0.2, -0.15) is 0 Å². The fraction of sp³-hybridized carbons (Fsp3) is 0.467. The van der Waals surface area contributed by atoms with E-state index < -0.39 is 30.0 Å². The second-order valence-electron chi connectivity index (χ2n) is 4.76. The summed E-state index contributed by atoms with van der Waals surface area (Å²) in [5.41, 5.74) is 0.284. The van der Waals surface area contributed by atoms with Crippen LogP contribution in [0.2, 0.25) is 0 Å². The lowest BCUT2D eigenvalue weighted by atomic mass is 10.3. The molecular weight excluding hydrogens is 308 g/mol. The number of ether oxygens (including phenoxy) is 3. The summed E-state index contributed by atoms with van der Waals surface area (Å²) >= 11 is 0. The standard InChI is InChI=1S/C15H20O8/c1-9(2)14(19)22-8-11(23-15(20)10(3)4)7-21-13(18)6-5-12(16)17/h11H,1,3,5-8H2,2,4H3,(H,16,17). The van der Waals surface area contributed by atoms with Crippen LogP contribution in [0.25, 0.3) is 0 Å². The van der Waals surface area contributed by atoms with Gasteiger partial charge in [0.25, 0.3) is 0 Å². The number of hydrogen-bond acceptors (Lipinski definition) is 7. The van der Waals surface area contributed by atoms with E-state index in [1.54, 1.807) is 0 Å². The van der Waals surface area contributed by atoms with Crippen molar-refractivity contribution < 1.29 is 38.5 Å². The van der Waals surface area contributed by atoms with Gasteiger partial charge in [0.2, 0.25) is 0 Å². The lowest BCUT2D eigenvalue weighted by molar-refractivity contribution is -0.163. The second-order valence-corrected chi connectivity index (χ2v) is 4.76. The topological polar surface area (TPSA) is 116 Å². The summed E-state index contributed by atoms with van der Waals surface area (Å²) in [6, 6.07) is 0. The van der Waals surface area contributed by atoms with Gasteiger partial charge in [-0.25, -0.2) is 9.59 Å². The van der Waals surface area contributed by atoms with Crippen molar-refractivity contribution in [3.05, 3.63) is 24.3 Å². The summed E-state index contributed by atoms with van der Waals surface area (Å²) in [4.78, 5) is 44.5. The van der Waals surface area contributed by atoms with E-state index >= 15 is 0 Å². The number of esters is 3. The molecule has 0 aliphatic rings. The first-order valence-corrected chi connectivity index (χ1v) is 6.70. The minimum atomic E-state index is -1.14. The predicted octanol–water partition coefficient (Wildman–Crippen LogP) is 1.00. The minimum absolute atomic E-state index is 0.124. The molecule has 0 amide bonds. The number of carboxylic acids is 1. The van der Waals surface area contributed by atoms with E-state index in [2.05, 4.69) is 13.2 Å². The van der Waals surface area contributed by atoms with E-state index in [1.165, 1.54) is 13.8 Å². The first-order valence-electron chi connectivity index (χ1n) is 6.70. The summed E-state index contributed by atoms with van der Waals surface area (Å²) in [5, 5.41) is 8.46. The van der Waals surface area contributed by atoms with Crippen molar-refractivity contribution in [1.29, 1.82) is 0 Å². The van der Waals surface area contributed by atoms with Gasteiger partial charge in [0, 0.05) is 11.1 Å². The highest BCUT2D eigenvalue weighted by atomic mass is 16.6. The Kier molecular flexibility index (Phi) is 8.98. The van der Waals surface area contributed by atoms with Crippen molar-refractivity contribution >= 4 is 23.9 Å². The van der Waals surface area contributed by atoms with Gasteiger partial charge < -0.3 is 19.3 Å². The van der Waals surface area contributed by atoms with Crippen molar-refractivity contribution in [2.45, 2.75) is 32.8 Å². The number of aliphatic carboxylic acids is 1. The van der Waals surface area contributed by atoms with Crippen molar-refractivity contribution in [2.75, 3.05) is 13.2 Å². The molecule has 0 aliphatic carbocycles. The van der Waals surface area contributed by atoms with E-state index in [1.807, 2.05) is 0 Å². The molecule has 1 N–H and O–H groups in total. The van der Waals surface area contributed by atoms with E-state index in [-0.39, 0.29) is 37.2 Å². The van der Waals surface area contributed by atoms with Gasteiger partial charge in [-0.3, -0.25) is 9.59 Å². The molecule has 0 aromatic rings. The molecule has 0 aromatic carbocycles. The summed E-state index contributed by atoms with van der Waals surface area (Å²) in [5.74, 6) is -3.32. The monoisotopic (exact) mass is 328 g/mol. The van der Waals surface area contributed by atoms with Gasteiger partial charge in [-0.05, 0) is 13.8 Å². The number of carbonyl (C=O) groups is 4. The van der Waals surface area contributed by atoms with Gasteiger partial charge in [-0.1, -0.05) is 13.2 Å². The molecule has 0 heterocycles. The lowest BCUT2D eigenvalue weighted by Crippen LogP contribution is -2.31. The Bertz CT molecular complexity index is 506. The van der Waals surface area contributed by atoms with Crippen LogP contribution >= 0.6 is 0 Å². The fourth-order valence-electron chi connectivity index (χ4n) is 1.13. The average Bonchev–Trinajstić information content (AvgIpc) is 2.46. The summed E-state index contributed by atoms with van der Waals surface area (Å²) in [7, 11) is 0. The normalized spacial score (nSPS) is 11.0. The molecule has 8 heteroatoms. The Balaban J connectivity index is 4.52. The highest BCUT2D eigenvalue weighted by Crippen LogP contribution is 2.04. The van der Waals surface area contributed by atoms with E-state index in [0.717, 1.165) is 0 Å². The summed E-state index contributed by atoms with van der Waals surface area (Å²) < 4.78 is 14.6. The molecule has 0 saturated heterocycles. The van der Waals surface area contributed by atoms with Crippen LogP contribution in [0.15, 0.2) is 24.3 Å². The van der Waals surface area contributed by atoms with Crippen molar-refractivity contribution in [3.8, 4) is 0 Å². The molecule has 23 heavy (non-hydrogen) atoms. The molecule has 0 aromatic heterocycles. The largest absolute Gasteiger partial charge is 0.481 e. The molecule has 128 valence electrons. The van der Waals surface area contributed by atoms with Crippen LogP contribution in [0.4, 0.5) is 0 Å². The smallest absolute Gasteiger partial charge is 0.333 e. The minimum Gasteiger partial charge on any atom is -0.481 e. The average molecular weight is 328 g/mol. The third-order valence-electron chi connectivity index (χ3n) is 2.34. The maximum absolute atomic E-state index is 11.5. The van der Waals surface area contributed by atoms with Crippen LogP contribution in [0.5, 0.6) is 0 Å². The number of carboxylic acid groups (broad SMARTS) is 1. The molecule has 0 bridgehead atoms. The Hall–Kier alpha value is -2.64. The van der Waals surface area contributed by atoms with Crippen LogP contribution in [0.1, 0.15) is 26.7 Å². The van der Waals surface area contributed by atoms with Gasteiger partial charge >= 0.3 is 23.9 Å². The SMILES string of the molecule is C=C(C)C(=O)OCC(COC(=O)CCC(=O)O)OC(=O)C(=C)C. The van der Waals surface area contributed by atoms with Crippen LogP contribution < -0.4 is 0 Å². The van der Waals surface area contributed by atoms with E-state index in [4.69, 9.17) is 19.3 Å². The first kappa shape index (κ1) is 20.4. The molecule has 8 nitrogen and oxygen atoms in total. The highest BCUT2D eigenvalue weighted by Gasteiger charge is 2.20. The van der Waals surface area contributed by atoms with Crippen molar-refractivity contribution in [2.24, 2.45) is 0 Å². The van der Waals surface area contributed by atoms with Crippen LogP contribution in [0.3, 0.4) is 0 Å². The third kappa shape index (κ3) is 9.83. The van der Waals surface area contributed by atoms with Gasteiger partial charge in [0.1, 0.15) is 13.2 Å². The number of hydrogen-bond donors (Lipinski definition) is 1. The zero-order valence-corrected chi connectivity index (χ0v) is 13.1. The lowest BCUT2D eigenvalue weighted by Gasteiger charge is -2.18. The molecular formula is C15H20O8. The quantitative estimate of drug-likeness (QED) is 0.359. The maximum atomic E-state index is 11.5. The summed E-state index contributed by atoms with van der Waals surface area (Å²) in [6.45, 7) is 8.97. The fourth-order valence-corrected chi connectivity index (χ4v) is 1.13. The molecule has 0 aliphatic heterocycles. The molecule has 1 unspecified atom stereocenters. The number of carbonyl (C=O) groups excluding carboxylic acids is 3.